The molecule has 0 aliphatic carbocycles. The molecule has 1 aromatic heterocycles. The van der Waals surface area contributed by atoms with Gasteiger partial charge in [0.05, 0.1) is 0 Å². The zero-order valence-electron chi connectivity index (χ0n) is 15.7. The molecule has 0 bridgehead atoms. The number of halogens is 1. The molecule has 28 heavy (non-hydrogen) atoms. The van der Waals surface area contributed by atoms with Gasteiger partial charge in [-0.2, -0.15) is 0 Å². The van der Waals surface area contributed by atoms with E-state index in [0.717, 1.165) is 6.42 Å². The summed E-state index contributed by atoms with van der Waals surface area (Å²) in [7, 11) is 0. The summed E-state index contributed by atoms with van der Waals surface area (Å²) in [4.78, 5) is 29.2. The molecule has 1 amide bonds. The Kier molecular flexibility index (Phi) is 5.84. The van der Waals surface area contributed by atoms with Crippen LogP contribution in [0.4, 0.5) is 21.7 Å². The SMILES string of the molecule is CCc1ccc(NC(=O)Cn2c(Nc3ccc(F)cc3)nc(C)cc2=O)cc1. The predicted octanol–water partition coefficient (Wildman–Crippen LogP) is 3.64. The molecule has 7 heteroatoms. The summed E-state index contributed by atoms with van der Waals surface area (Å²) in [6, 6.07) is 14.6. The fourth-order valence-electron chi connectivity index (χ4n) is 2.70. The zero-order chi connectivity index (χ0) is 20.1. The van der Waals surface area contributed by atoms with E-state index in [9.17, 15) is 14.0 Å². The summed E-state index contributed by atoms with van der Waals surface area (Å²) in [6.45, 7) is 3.54. The number of amides is 1. The quantitative estimate of drug-likeness (QED) is 0.685. The Bertz CT molecular complexity index is 1030. The highest BCUT2D eigenvalue weighted by Gasteiger charge is 2.12. The number of nitrogens with zero attached hydrogens (tertiary/aromatic N) is 2. The normalized spacial score (nSPS) is 10.5. The van der Waals surface area contributed by atoms with E-state index in [2.05, 4.69) is 22.5 Å². The van der Waals surface area contributed by atoms with E-state index < -0.39 is 0 Å². The van der Waals surface area contributed by atoms with Gasteiger partial charge in [-0.15, -0.1) is 0 Å². The molecule has 0 saturated carbocycles. The van der Waals surface area contributed by atoms with Crippen molar-refractivity contribution in [3.8, 4) is 0 Å². The van der Waals surface area contributed by atoms with E-state index >= 15 is 0 Å². The van der Waals surface area contributed by atoms with Gasteiger partial charge in [0, 0.05) is 23.1 Å². The van der Waals surface area contributed by atoms with E-state index in [1.54, 1.807) is 6.92 Å². The summed E-state index contributed by atoms with van der Waals surface area (Å²) in [5.74, 6) is -0.499. The minimum absolute atomic E-state index is 0.203. The van der Waals surface area contributed by atoms with Crippen LogP contribution >= 0.6 is 0 Å². The number of hydrogen-bond donors (Lipinski definition) is 2. The second-order valence-corrected chi connectivity index (χ2v) is 6.38. The molecule has 0 aliphatic heterocycles. The lowest BCUT2D eigenvalue weighted by molar-refractivity contribution is -0.116. The second kappa shape index (κ2) is 8.47. The fourth-order valence-corrected chi connectivity index (χ4v) is 2.70. The van der Waals surface area contributed by atoms with Gasteiger partial charge >= 0.3 is 0 Å². The maximum absolute atomic E-state index is 13.1. The van der Waals surface area contributed by atoms with Gasteiger partial charge in [0.15, 0.2) is 0 Å². The molecule has 0 saturated heterocycles. The number of aryl methyl sites for hydroxylation is 2. The van der Waals surface area contributed by atoms with E-state index in [-0.39, 0.29) is 29.8 Å². The maximum atomic E-state index is 13.1. The molecule has 2 aromatic carbocycles. The first-order valence-corrected chi connectivity index (χ1v) is 8.94. The molecular weight excluding hydrogens is 359 g/mol. The monoisotopic (exact) mass is 380 g/mol. The van der Waals surface area contributed by atoms with Crippen molar-refractivity contribution < 1.29 is 9.18 Å². The van der Waals surface area contributed by atoms with Crippen LogP contribution in [0.15, 0.2) is 59.4 Å². The van der Waals surface area contributed by atoms with Crippen molar-refractivity contribution in [2.75, 3.05) is 10.6 Å². The molecule has 0 spiro atoms. The second-order valence-electron chi connectivity index (χ2n) is 6.38. The van der Waals surface area contributed by atoms with Crippen molar-refractivity contribution in [3.63, 3.8) is 0 Å². The first-order valence-electron chi connectivity index (χ1n) is 8.94. The highest BCUT2D eigenvalue weighted by molar-refractivity contribution is 5.90. The third-order valence-electron chi connectivity index (χ3n) is 4.18. The van der Waals surface area contributed by atoms with Crippen LogP contribution in [0.1, 0.15) is 18.2 Å². The van der Waals surface area contributed by atoms with Gasteiger partial charge in [-0.1, -0.05) is 19.1 Å². The van der Waals surface area contributed by atoms with E-state index in [1.165, 1.54) is 40.5 Å². The summed E-state index contributed by atoms with van der Waals surface area (Å²) >= 11 is 0. The molecule has 2 N–H and O–H groups in total. The number of hydrogen-bond acceptors (Lipinski definition) is 4. The van der Waals surface area contributed by atoms with Crippen LogP contribution in [0.2, 0.25) is 0 Å². The van der Waals surface area contributed by atoms with Crippen LogP contribution in [-0.4, -0.2) is 15.5 Å². The minimum atomic E-state index is -0.367. The Morgan fingerprint density at radius 2 is 1.71 bits per heavy atom. The lowest BCUT2D eigenvalue weighted by atomic mass is 10.1. The average molecular weight is 380 g/mol. The Morgan fingerprint density at radius 3 is 2.36 bits per heavy atom. The molecule has 0 fully saturated rings. The smallest absolute Gasteiger partial charge is 0.255 e. The number of rotatable bonds is 6. The molecule has 0 atom stereocenters. The van der Waals surface area contributed by atoms with E-state index in [0.29, 0.717) is 17.1 Å². The predicted molar refractivity (Wildman–Crippen MR) is 107 cm³/mol. The molecule has 3 rings (SSSR count). The summed E-state index contributed by atoms with van der Waals surface area (Å²) < 4.78 is 14.4. The Hall–Kier alpha value is -3.48. The van der Waals surface area contributed by atoms with Gasteiger partial charge in [0.1, 0.15) is 12.4 Å². The first kappa shape index (κ1) is 19.3. The number of anilines is 3. The van der Waals surface area contributed by atoms with Crippen molar-refractivity contribution in [3.05, 3.63) is 82.0 Å². The Morgan fingerprint density at radius 1 is 1.07 bits per heavy atom. The molecule has 6 nitrogen and oxygen atoms in total. The van der Waals surface area contributed by atoms with Crippen LogP contribution in [0.3, 0.4) is 0 Å². The van der Waals surface area contributed by atoms with Crippen molar-refractivity contribution in [2.24, 2.45) is 0 Å². The van der Waals surface area contributed by atoms with Crippen molar-refractivity contribution in [1.29, 1.82) is 0 Å². The van der Waals surface area contributed by atoms with Crippen molar-refractivity contribution in [1.82, 2.24) is 9.55 Å². The van der Waals surface area contributed by atoms with Crippen LogP contribution in [0, 0.1) is 12.7 Å². The first-order chi connectivity index (χ1) is 13.4. The van der Waals surface area contributed by atoms with Gasteiger partial charge in [0.2, 0.25) is 11.9 Å². The van der Waals surface area contributed by atoms with E-state index in [1.807, 2.05) is 24.3 Å². The van der Waals surface area contributed by atoms with Crippen LogP contribution in [-0.2, 0) is 17.8 Å². The number of benzene rings is 2. The van der Waals surface area contributed by atoms with Gasteiger partial charge in [0.25, 0.3) is 5.56 Å². The lowest BCUT2D eigenvalue weighted by Gasteiger charge is -2.14. The van der Waals surface area contributed by atoms with Gasteiger partial charge < -0.3 is 10.6 Å². The Balaban J connectivity index is 1.80. The van der Waals surface area contributed by atoms with Crippen LogP contribution in [0.5, 0.6) is 0 Å². The lowest BCUT2D eigenvalue weighted by Crippen LogP contribution is -2.30. The number of carbonyl (C=O) groups excluding carboxylic acids is 1. The fraction of sp³-hybridized carbons (Fsp3) is 0.190. The standard InChI is InChI=1S/C21H21FN4O2/c1-3-15-4-8-17(9-5-15)24-19(27)13-26-20(28)12-14(2)23-21(26)25-18-10-6-16(22)7-11-18/h4-12H,3,13H2,1-2H3,(H,23,25)(H,24,27). The Labute approximate surface area is 162 Å². The number of aromatic nitrogens is 2. The van der Waals surface area contributed by atoms with Crippen molar-refractivity contribution >= 4 is 23.2 Å². The molecule has 0 aliphatic rings. The van der Waals surface area contributed by atoms with Gasteiger partial charge in [-0.25, -0.2) is 9.37 Å². The minimum Gasteiger partial charge on any atom is -0.326 e. The highest BCUT2D eigenvalue weighted by atomic mass is 19.1. The van der Waals surface area contributed by atoms with Crippen LogP contribution in [0.25, 0.3) is 0 Å². The number of carbonyl (C=O) groups is 1. The maximum Gasteiger partial charge on any atom is 0.255 e. The topological polar surface area (TPSA) is 76.0 Å². The third-order valence-corrected chi connectivity index (χ3v) is 4.18. The van der Waals surface area contributed by atoms with Gasteiger partial charge in [-0.05, 0) is 55.3 Å². The molecular formula is C21H21FN4O2. The van der Waals surface area contributed by atoms with Crippen LogP contribution < -0.4 is 16.2 Å². The molecule has 0 unspecified atom stereocenters. The average Bonchev–Trinajstić information content (AvgIpc) is 2.67. The third kappa shape index (κ3) is 4.82. The summed E-state index contributed by atoms with van der Waals surface area (Å²) in [6.07, 6.45) is 0.914. The molecule has 1 heterocycles. The zero-order valence-corrected chi connectivity index (χ0v) is 15.7. The van der Waals surface area contributed by atoms with E-state index in [4.69, 9.17) is 0 Å². The van der Waals surface area contributed by atoms with Crippen molar-refractivity contribution in [2.45, 2.75) is 26.8 Å². The molecule has 3 aromatic rings. The highest BCUT2D eigenvalue weighted by Crippen LogP contribution is 2.15. The van der Waals surface area contributed by atoms with Gasteiger partial charge in [-0.3, -0.25) is 14.2 Å². The molecule has 144 valence electrons. The summed E-state index contributed by atoms with van der Waals surface area (Å²) in [5.41, 5.74) is 2.55. The molecule has 0 radical (unpaired) electrons. The summed E-state index contributed by atoms with van der Waals surface area (Å²) in [5, 5.41) is 5.75. The number of nitrogens with one attached hydrogen (secondary N) is 2. The largest absolute Gasteiger partial charge is 0.326 e.